The van der Waals surface area contributed by atoms with Gasteiger partial charge in [0.2, 0.25) is 11.1 Å². The van der Waals surface area contributed by atoms with Gasteiger partial charge in [-0.2, -0.15) is 4.68 Å². The molecule has 29 heavy (non-hydrogen) atoms. The van der Waals surface area contributed by atoms with Crippen LogP contribution in [0.3, 0.4) is 0 Å². The highest BCUT2D eigenvalue weighted by Crippen LogP contribution is 2.43. The van der Waals surface area contributed by atoms with Crippen molar-refractivity contribution >= 4 is 35.1 Å². The largest absolute Gasteiger partial charge is 0.302 e. The zero-order valence-electron chi connectivity index (χ0n) is 15.3. The Labute approximate surface area is 176 Å². The normalized spacial score (nSPS) is 19.7. The fourth-order valence-electron chi connectivity index (χ4n) is 3.48. The quantitative estimate of drug-likeness (QED) is 0.600. The highest BCUT2D eigenvalue weighted by atomic mass is 32.2. The average Bonchev–Trinajstić information content (AvgIpc) is 3.25. The van der Waals surface area contributed by atoms with Crippen molar-refractivity contribution in [2.45, 2.75) is 21.3 Å². The summed E-state index contributed by atoms with van der Waals surface area (Å²) in [7, 11) is 0. The molecule has 0 fully saturated rings. The maximum atomic E-state index is 13.3. The number of nitrogens with zero attached hydrogens (tertiary/aromatic N) is 5. The van der Waals surface area contributed by atoms with E-state index in [1.807, 2.05) is 65.6 Å². The van der Waals surface area contributed by atoms with E-state index in [2.05, 4.69) is 33.7 Å². The molecule has 8 heteroatoms. The van der Waals surface area contributed by atoms with E-state index in [0.717, 1.165) is 16.3 Å². The number of aromatic nitrogens is 4. The first kappa shape index (κ1) is 18.2. The minimum Gasteiger partial charge on any atom is -0.302 e. The molecule has 144 valence electrons. The molecule has 2 heterocycles. The van der Waals surface area contributed by atoms with E-state index in [1.165, 1.54) is 11.8 Å². The molecule has 1 aliphatic heterocycles. The first-order valence-corrected chi connectivity index (χ1v) is 11.1. The van der Waals surface area contributed by atoms with Crippen molar-refractivity contribution in [1.29, 1.82) is 0 Å². The molecular weight excluding hydrogens is 402 g/mol. The number of benzene rings is 2. The highest BCUT2D eigenvalue weighted by Gasteiger charge is 2.36. The first-order chi connectivity index (χ1) is 14.3. The van der Waals surface area contributed by atoms with Crippen molar-refractivity contribution in [2.75, 3.05) is 10.7 Å². The summed E-state index contributed by atoms with van der Waals surface area (Å²) in [5.41, 5.74) is 1.83. The number of tetrazole rings is 1. The number of carbonyl (C=O) groups is 1. The first-order valence-electron chi connectivity index (χ1n) is 9.20. The number of para-hydroxylation sites is 2. The molecule has 0 unspecified atom stereocenters. The van der Waals surface area contributed by atoms with Gasteiger partial charge in [-0.1, -0.05) is 66.4 Å². The van der Waals surface area contributed by atoms with Gasteiger partial charge in [0.25, 0.3) is 0 Å². The lowest BCUT2D eigenvalue weighted by Gasteiger charge is -2.40. The number of allylic oxidation sites excluding steroid dienone is 2. The van der Waals surface area contributed by atoms with Crippen molar-refractivity contribution in [2.24, 2.45) is 0 Å². The number of anilines is 1. The predicted molar refractivity (Wildman–Crippen MR) is 116 cm³/mol. The molecule has 3 aromatic rings. The number of fused-ring (bicyclic) bond motifs is 2. The summed E-state index contributed by atoms with van der Waals surface area (Å²) in [5.74, 6) is 0.299. The summed E-state index contributed by atoms with van der Waals surface area (Å²) in [6.07, 6.45) is 8.32. The zero-order valence-corrected chi connectivity index (χ0v) is 17.0. The summed E-state index contributed by atoms with van der Waals surface area (Å²) in [4.78, 5) is 16.4. The summed E-state index contributed by atoms with van der Waals surface area (Å²) in [5, 5.41) is 12.8. The van der Waals surface area contributed by atoms with Crippen LogP contribution in [0.2, 0.25) is 0 Å². The van der Waals surface area contributed by atoms with Crippen LogP contribution >= 0.6 is 23.5 Å². The molecule has 1 aromatic heterocycles. The number of amides is 1. The van der Waals surface area contributed by atoms with Gasteiger partial charge in [0.15, 0.2) is 0 Å². The summed E-state index contributed by atoms with van der Waals surface area (Å²) < 4.78 is 1.66. The van der Waals surface area contributed by atoms with Gasteiger partial charge in [-0.15, -0.1) is 16.9 Å². The Bertz CT molecular complexity index is 1100. The van der Waals surface area contributed by atoms with Crippen LogP contribution in [0, 0.1) is 0 Å². The van der Waals surface area contributed by atoms with Gasteiger partial charge < -0.3 is 4.90 Å². The number of carbonyl (C=O) groups excluding carboxylic acids is 1. The van der Waals surface area contributed by atoms with Gasteiger partial charge in [0, 0.05) is 4.90 Å². The minimum absolute atomic E-state index is 0.0121. The second kappa shape index (κ2) is 7.88. The van der Waals surface area contributed by atoms with Crippen molar-refractivity contribution in [3.63, 3.8) is 0 Å². The summed E-state index contributed by atoms with van der Waals surface area (Å²) >= 11 is 3.15. The summed E-state index contributed by atoms with van der Waals surface area (Å²) in [6, 6.07) is 17.8. The number of hydrogen-bond acceptors (Lipinski definition) is 6. The maximum Gasteiger partial charge on any atom is 0.238 e. The molecule has 0 radical (unpaired) electrons. The lowest BCUT2D eigenvalue weighted by Crippen LogP contribution is -2.48. The molecule has 1 amide bonds. The zero-order chi connectivity index (χ0) is 19.6. The van der Waals surface area contributed by atoms with E-state index in [9.17, 15) is 4.79 Å². The van der Waals surface area contributed by atoms with Crippen molar-refractivity contribution in [1.82, 2.24) is 20.2 Å². The third kappa shape index (κ3) is 3.49. The molecule has 5 rings (SSSR count). The number of hydrogen-bond donors (Lipinski definition) is 0. The topological polar surface area (TPSA) is 63.9 Å². The highest BCUT2D eigenvalue weighted by molar-refractivity contribution is 8.00. The Kier molecular flexibility index (Phi) is 4.95. The molecule has 0 saturated carbocycles. The molecule has 1 aliphatic carbocycles. The maximum absolute atomic E-state index is 13.3. The van der Waals surface area contributed by atoms with Gasteiger partial charge in [-0.3, -0.25) is 4.79 Å². The molecule has 2 aliphatic rings. The molecule has 2 aromatic carbocycles. The van der Waals surface area contributed by atoms with Crippen LogP contribution in [-0.4, -0.2) is 43.2 Å². The third-order valence-corrected chi connectivity index (χ3v) is 6.99. The van der Waals surface area contributed by atoms with Gasteiger partial charge in [-0.05, 0) is 34.7 Å². The van der Waals surface area contributed by atoms with Crippen LogP contribution in [0.25, 0.3) is 5.69 Å². The Morgan fingerprint density at radius 2 is 1.83 bits per heavy atom. The van der Waals surface area contributed by atoms with Crippen LogP contribution in [0.4, 0.5) is 5.69 Å². The molecule has 0 N–H and O–H groups in total. The molecule has 0 bridgehead atoms. The van der Waals surface area contributed by atoms with Crippen molar-refractivity contribution in [3.8, 4) is 5.69 Å². The van der Waals surface area contributed by atoms with Crippen LogP contribution in [0.15, 0.2) is 89.0 Å². The Balaban J connectivity index is 1.39. The molecule has 0 spiro atoms. The smallest absolute Gasteiger partial charge is 0.238 e. The van der Waals surface area contributed by atoms with Gasteiger partial charge >= 0.3 is 0 Å². The second-order valence-corrected chi connectivity index (χ2v) is 8.73. The van der Waals surface area contributed by atoms with E-state index in [0.29, 0.717) is 5.16 Å². The molecular formula is C21H17N5OS2. The minimum atomic E-state index is 0.0121. The van der Waals surface area contributed by atoms with E-state index < -0.39 is 0 Å². The SMILES string of the molecule is O=C(CSc1nnnn1-c1ccccc1)N1c2ccccc2S[C@@H]2C=CC=C[C@H]21. The number of rotatable bonds is 4. The van der Waals surface area contributed by atoms with Crippen LogP contribution in [-0.2, 0) is 4.79 Å². The fourth-order valence-corrected chi connectivity index (χ4v) is 5.49. The number of thioether (sulfide) groups is 2. The molecule has 0 saturated heterocycles. The standard InChI is InChI=1S/C21H17N5OS2/c27-20(14-28-21-22-23-24-26(21)15-8-2-1-3-9-15)25-16-10-4-6-12-18(16)29-19-13-7-5-11-17(19)25/h1-13,16,18H,14H2/t16-,18-/m1/s1. The second-order valence-electron chi connectivity index (χ2n) is 6.57. The lowest BCUT2D eigenvalue weighted by molar-refractivity contribution is -0.116. The van der Waals surface area contributed by atoms with Gasteiger partial charge in [0.1, 0.15) is 0 Å². The lowest BCUT2D eigenvalue weighted by atomic mass is 10.0. The average molecular weight is 420 g/mol. The monoisotopic (exact) mass is 419 g/mol. The Hall–Kier alpha value is -2.84. The molecule has 2 atom stereocenters. The van der Waals surface area contributed by atoms with Crippen LogP contribution in [0.5, 0.6) is 0 Å². The van der Waals surface area contributed by atoms with Crippen molar-refractivity contribution in [3.05, 3.63) is 78.9 Å². The van der Waals surface area contributed by atoms with E-state index >= 15 is 0 Å². The van der Waals surface area contributed by atoms with Crippen LogP contribution in [0.1, 0.15) is 0 Å². The van der Waals surface area contributed by atoms with Crippen LogP contribution < -0.4 is 4.90 Å². The predicted octanol–water partition coefficient (Wildman–Crippen LogP) is 3.76. The van der Waals surface area contributed by atoms with Crippen molar-refractivity contribution < 1.29 is 4.79 Å². The van der Waals surface area contributed by atoms with E-state index in [1.54, 1.807) is 16.4 Å². The Morgan fingerprint density at radius 1 is 1.03 bits per heavy atom. The Morgan fingerprint density at radius 3 is 2.72 bits per heavy atom. The van der Waals surface area contributed by atoms with Gasteiger partial charge in [-0.25, -0.2) is 0 Å². The van der Waals surface area contributed by atoms with E-state index in [4.69, 9.17) is 0 Å². The summed E-state index contributed by atoms with van der Waals surface area (Å²) in [6.45, 7) is 0. The third-order valence-electron chi connectivity index (χ3n) is 4.78. The fraction of sp³-hybridized carbons (Fsp3) is 0.143. The molecule has 6 nitrogen and oxygen atoms in total. The van der Waals surface area contributed by atoms with E-state index in [-0.39, 0.29) is 23.0 Å². The van der Waals surface area contributed by atoms with Gasteiger partial charge in [0.05, 0.1) is 28.4 Å².